The number of nitrogens with two attached hydrogens (primary N) is 1. The van der Waals surface area contributed by atoms with Crippen molar-refractivity contribution in [2.45, 2.75) is 45.1 Å². The van der Waals surface area contributed by atoms with Crippen LogP contribution in [0.5, 0.6) is 0 Å². The Bertz CT molecular complexity index is 928. The van der Waals surface area contributed by atoms with E-state index < -0.39 is 0 Å². The van der Waals surface area contributed by atoms with E-state index >= 15 is 0 Å². The number of hydrogen-bond acceptors (Lipinski definition) is 5. The molecule has 1 aromatic carbocycles. The summed E-state index contributed by atoms with van der Waals surface area (Å²) in [7, 11) is 0. The summed E-state index contributed by atoms with van der Waals surface area (Å²) in [5, 5.41) is 15.1. The monoisotopic (exact) mass is 395 g/mol. The second kappa shape index (κ2) is 8.56. The van der Waals surface area contributed by atoms with Crippen LogP contribution in [0.2, 0.25) is 0 Å². The molecule has 1 aliphatic rings. The third kappa shape index (κ3) is 4.42. The molecule has 0 unspecified atom stereocenters. The van der Waals surface area contributed by atoms with Crippen LogP contribution >= 0.6 is 11.3 Å². The van der Waals surface area contributed by atoms with E-state index in [1.807, 2.05) is 29.6 Å². The molecule has 2 heterocycles. The van der Waals surface area contributed by atoms with E-state index in [0.29, 0.717) is 17.1 Å². The lowest BCUT2D eigenvalue weighted by molar-refractivity contribution is 0.102. The summed E-state index contributed by atoms with van der Waals surface area (Å²) in [6.07, 6.45) is 9.46. The van der Waals surface area contributed by atoms with Gasteiger partial charge in [-0.2, -0.15) is 11.3 Å². The second-order valence-corrected chi connectivity index (χ2v) is 8.21. The maximum atomic E-state index is 12.6. The molecular formula is C21H25N5OS. The van der Waals surface area contributed by atoms with E-state index in [0.717, 1.165) is 30.0 Å². The van der Waals surface area contributed by atoms with Crippen molar-refractivity contribution in [1.29, 1.82) is 0 Å². The topological polar surface area (TPSA) is 85.8 Å². The van der Waals surface area contributed by atoms with Crippen molar-refractivity contribution < 1.29 is 4.79 Å². The number of carbonyl (C=O) groups excluding carboxylic acids is 1. The van der Waals surface area contributed by atoms with Gasteiger partial charge in [0, 0.05) is 6.54 Å². The molecule has 0 aliphatic heterocycles. The number of rotatable bonds is 6. The second-order valence-electron chi connectivity index (χ2n) is 7.43. The van der Waals surface area contributed by atoms with E-state index in [4.69, 9.17) is 5.73 Å². The molecule has 0 bridgehead atoms. The predicted molar refractivity (Wildman–Crippen MR) is 113 cm³/mol. The smallest absolute Gasteiger partial charge is 0.277 e. The SMILES string of the molecule is Nc1ccc(-c2ccsc2)cc1NC(=O)c1cn(CCC2CCCCC2)nn1. The zero-order valence-corrected chi connectivity index (χ0v) is 16.6. The maximum absolute atomic E-state index is 12.6. The van der Waals surface area contributed by atoms with Crippen molar-refractivity contribution in [2.24, 2.45) is 5.92 Å². The summed E-state index contributed by atoms with van der Waals surface area (Å²) in [6, 6.07) is 7.70. The first-order valence-electron chi connectivity index (χ1n) is 9.82. The van der Waals surface area contributed by atoms with Crippen molar-refractivity contribution in [3.63, 3.8) is 0 Å². The molecule has 4 rings (SSSR count). The van der Waals surface area contributed by atoms with Gasteiger partial charge in [-0.1, -0.05) is 43.4 Å². The number of nitrogens with zero attached hydrogens (tertiary/aromatic N) is 3. The fourth-order valence-corrected chi connectivity index (χ4v) is 4.43. The van der Waals surface area contributed by atoms with Gasteiger partial charge in [0.2, 0.25) is 0 Å². The van der Waals surface area contributed by atoms with Gasteiger partial charge in [0.05, 0.1) is 17.6 Å². The molecule has 0 spiro atoms. The van der Waals surface area contributed by atoms with Crippen molar-refractivity contribution >= 4 is 28.6 Å². The number of thiophene rings is 1. The van der Waals surface area contributed by atoms with Gasteiger partial charge in [0.25, 0.3) is 5.91 Å². The Morgan fingerprint density at radius 2 is 2.07 bits per heavy atom. The van der Waals surface area contributed by atoms with Crippen molar-refractivity contribution in [2.75, 3.05) is 11.1 Å². The summed E-state index contributed by atoms with van der Waals surface area (Å²) in [6.45, 7) is 0.806. The zero-order chi connectivity index (χ0) is 19.3. The lowest BCUT2D eigenvalue weighted by atomic mass is 9.87. The number of hydrogen-bond donors (Lipinski definition) is 2. The van der Waals surface area contributed by atoms with Gasteiger partial charge in [-0.15, -0.1) is 5.10 Å². The summed E-state index contributed by atoms with van der Waals surface area (Å²) in [5.74, 6) is 0.480. The first kappa shape index (κ1) is 18.7. The Morgan fingerprint density at radius 3 is 2.86 bits per heavy atom. The lowest BCUT2D eigenvalue weighted by Gasteiger charge is -2.20. The fourth-order valence-electron chi connectivity index (χ4n) is 3.76. The van der Waals surface area contributed by atoms with Crippen LogP contribution in [0.15, 0.2) is 41.2 Å². The molecule has 28 heavy (non-hydrogen) atoms. The van der Waals surface area contributed by atoms with Crippen LogP contribution in [0.4, 0.5) is 11.4 Å². The van der Waals surface area contributed by atoms with Gasteiger partial charge >= 0.3 is 0 Å². The Kier molecular flexibility index (Phi) is 5.71. The number of nitrogen functional groups attached to an aromatic ring is 1. The predicted octanol–water partition coefficient (Wildman–Crippen LogP) is 4.81. The molecule has 2 aromatic heterocycles. The highest BCUT2D eigenvalue weighted by Crippen LogP contribution is 2.29. The average Bonchev–Trinajstić information content (AvgIpc) is 3.41. The number of anilines is 2. The van der Waals surface area contributed by atoms with Crippen molar-refractivity contribution in [1.82, 2.24) is 15.0 Å². The number of benzene rings is 1. The van der Waals surface area contributed by atoms with E-state index in [1.165, 1.54) is 32.1 Å². The highest BCUT2D eigenvalue weighted by Gasteiger charge is 2.16. The first-order chi connectivity index (χ1) is 13.7. The normalized spacial score (nSPS) is 14.9. The molecule has 1 fully saturated rings. The standard InChI is InChI=1S/C21H25N5OS/c22-18-7-6-16(17-9-11-28-14-17)12-19(18)23-21(27)20-13-26(25-24-20)10-8-15-4-2-1-3-5-15/h6-7,9,11-15H,1-5,8,10,22H2,(H,23,27). The maximum Gasteiger partial charge on any atom is 0.277 e. The fraction of sp³-hybridized carbons (Fsp3) is 0.381. The summed E-state index contributed by atoms with van der Waals surface area (Å²) in [4.78, 5) is 12.6. The lowest BCUT2D eigenvalue weighted by Crippen LogP contribution is -2.14. The first-order valence-corrected chi connectivity index (χ1v) is 10.8. The van der Waals surface area contributed by atoms with Crippen LogP contribution in [0.1, 0.15) is 49.0 Å². The third-order valence-corrected chi connectivity index (χ3v) is 6.10. The van der Waals surface area contributed by atoms with Crippen molar-refractivity contribution in [3.05, 3.63) is 46.9 Å². The van der Waals surface area contributed by atoms with E-state index in [2.05, 4.69) is 21.0 Å². The van der Waals surface area contributed by atoms with Crippen LogP contribution in [-0.2, 0) is 6.54 Å². The number of aryl methyl sites for hydroxylation is 1. The highest BCUT2D eigenvalue weighted by molar-refractivity contribution is 7.08. The minimum Gasteiger partial charge on any atom is -0.397 e. The van der Waals surface area contributed by atoms with Gasteiger partial charge in [-0.25, -0.2) is 0 Å². The minimum absolute atomic E-state index is 0.293. The quantitative estimate of drug-likeness (QED) is 0.586. The van der Waals surface area contributed by atoms with Crippen LogP contribution in [-0.4, -0.2) is 20.9 Å². The molecule has 6 nitrogen and oxygen atoms in total. The van der Waals surface area contributed by atoms with Gasteiger partial charge in [0.1, 0.15) is 0 Å². The van der Waals surface area contributed by atoms with Gasteiger partial charge in [-0.05, 0) is 52.4 Å². The summed E-state index contributed by atoms with van der Waals surface area (Å²) >= 11 is 1.63. The Labute approximate surface area is 168 Å². The van der Waals surface area contributed by atoms with Crippen LogP contribution < -0.4 is 11.1 Å². The summed E-state index contributed by atoms with van der Waals surface area (Å²) < 4.78 is 1.77. The molecule has 3 aromatic rings. The van der Waals surface area contributed by atoms with E-state index in [9.17, 15) is 4.79 Å². The number of aromatic nitrogens is 3. The van der Waals surface area contributed by atoms with Gasteiger partial charge in [0.15, 0.2) is 5.69 Å². The number of nitrogens with one attached hydrogen (secondary N) is 1. The van der Waals surface area contributed by atoms with Crippen LogP contribution in [0.3, 0.4) is 0 Å². The zero-order valence-electron chi connectivity index (χ0n) is 15.8. The molecule has 3 N–H and O–H groups in total. The number of carbonyl (C=O) groups is 1. The molecule has 1 saturated carbocycles. The van der Waals surface area contributed by atoms with Crippen molar-refractivity contribution in [3.8, 4) is 11.1 Å². The Hall–Kier alpha value is -2.67. The minimum atomic E-state index is -0.293. The number of amides is 1. The van der Waals surface area contributed by atoms with Gasteiger partial charge < -0.3 is 11.1 Å². The molecule has 0 radical (unpaired) electrons. The van der Waals surface area contributed by atoms with Gasteiger partial charge in [-0.3, -0.25) is 9.48 Å². The molecule has 1 amide bonds. The highest BCUT2D eigenvalue weighted by atomic mass is 32.1. The summed E-state index contributed by atoms with van der Waals surface area (Å²) in [5.41, 5.74) is 9.60. The largest absolute Gasteiger partial charge is 0.397 e. The van der Waals surface area contributed by atoms with Crippen LogP contribution in [0, 0.1) is 5.92 Å². The molecule has 1 aliphatic carbocycles. The van der Waals surface area contributed by atoms with E-state index in [-0.39, 0.29) is 5.91 Å². The molecule has 7 heteroatoms. The molecule has 0 atom stereocenters. The molecule has 0 saturated heterocycles. The third-order valence-electron chi connectivity index (χ3n) is 5.42. The Balaban J connectivity index is 1.40. The molecular weight excluding hydrogens is 370 g/mol. The molecule has 146 valence electrons. The van der Waals surface area contributed by atoms with E-state index in [1.54, 1.807) is 22.2 Å². The average molecular weight is 396 g/mol. The Morgan fingerprint density at radius 1 is 1.21 bits per heavy atom. The van der Waals surface area contributed by atoms with Crippen LogP contribution in [0.25, 0.3) is 11.1 Å².